The highest BCUT2D eigenvalue weighted by Crippen LogP contribution is 2.11. The molecule has 0 saturated heterocycles. The van der Waals surface area contributed by atoms with Crippen molar-refractivity contribution >= 4 is 17.5 Å². The SMILES string of the molecule is CN(CCON)C(=O)c1cccc(Cl)c1. The first-order valence-electron chi connectivity index (χ1n) is 4.48. The topological polar surface area (TPSA) is 55.6 Å². The van der Waals surface area contributed by atoms with Gasteiger partial charge in [0.1, 0.15) is 0 Å². The average molecular weight is 229 g/mol. The van der Waals surface area contributed by atoms with Crippen LogP contribution in [0.2, 0.25) is 5.02 Å². The fourth-order valence-corrected chi connectivity index (χ4v) is 1.32. The number of halogens is 1. The van der Waals surface area contributed by atoms with Crippen molar-refractivity contribution in [1.29, 1.82) is 0 Å². The Hall–Kier alpha value is -1.10. The normalized spacial score (nSPS) is 10.1. The van der Waals surface area contributed by atoms with Gasteiger partial charge >= 0.3 is 0 Å². The number of nitrogens with zero attached hydrogens (tertiary/aromatic N) is 1. The molecule has 0 aromatic heterocycles. The quantitative estimate of drug-likeness (QED) is 0.791. The van der Waals surface area contributed by atoms with Crippen LogP contribution >= 0.6 is 11.6 Å². The number of nitrogens with two attached hydrogens (primary N) is 1. The summed E-state index contributed by atoms with van der Waals surface area (Å²) < 4.78 is 0. The highest BCUT2D eigenvalue weighted by molar-refractivity contribution is 6.30. The number of amides is 1. The third kappa shape index (κ3) is 3.51. The molecule has 0 aliphatic heterocycles. The number of carbonyl (C=O) groups is 1. The first-order valence-corrected chi connectivity index (χ1v) is 4.85. The summed E-state index contributed by atoms with van der Waals surface area (Å²) in [7, 11) is 1.68. The minimum Gasteiger partial charge on any atom is -0.339 e. The predicted octanol–water partition coefficient (Wildman–Crippen LogP) is 1.30. The van der Waals surface area contributed by atoms with Gasteiger partial charge < -0.3 is 9.74 Å². The van der Waals surface area contributed by atoms with Crippen molar-refractivity contribution < 1.29 is 9.63 Å². The summed E-state index contributed by atoms with van der Waals surface area (Å²) in [6.45, 7) is 0.755. The largest absolute Gasteiger partial charge is 0.339 e. The summed E-state index contributed by atoms with van der Waals surface area (Å²) in [5.41, 5.74) is 0.557. The number of hydrogen-bond donors (Lipinski definition) is 1. The van der Waals surface area contributed by atoms with Crippen LogP contribution in [0.4, 0.5) is 0 Å². The average Bonchev–Trinajstić information content (AvgIpc) is 2.24. The van der Waals surface area contributed by atoms with Crippen LogP contribution in [0.3, 0.4) is 0 Å². The monoisotopic (exact) mass is 228 g/mol. The van der Waals surface area contributed by atoms with E-state index in [0.29, 0.717) is 23.7 Å². The first-order chi connectivity index (χ1) is 7.15. The second kappa shape index (κ2) is 5.70. The Morgan fingerprint density at radius 2 is 2.33 bits per heavy atom. The van der Waals surface area contributed by atoms with Crippen molar-refractivity contribution in [3.63, 3.8) is 0 Å². The van der Waals surface area contributed by atoms with Crippen LogP contribution in [0.1, 0.15) is 10.4 Å². The summed E-state index contributed by atoms with van der Waals surface area (Å²) in [6.07, 6.45) is 0. The standard InChI is InChI=1S/C10H13ClN2O2/c1-13(5-6-15-12)10(14)8-3-2-4-9(11)7-8/h2-4,7H,5-6,12H2,1H3. The molecule has 15 heavy (non-hydrogen) atoms. The minimum atomic E-state index is -0.102. The molecule has 0 radical (unpaired) electrons. The fourth-order valence-electron chi connectivity index (χ4n) is 1.13. The Balaban J connectivity index is 2.67. The first kappa shape index (κ1) is 12.0. The van der Waals surface area contributed by atoms with Crippen molar-refractivity contribution in [3.05, 3.63) is 34.9 Å². The van der Waals surface area contributed by atoms with Crippen LogP contribution in [0.25, 0.3) is 0 Å². The molecule has 1 amide bonds. The van der Waals surface area contributed by atoms with Crippen LogP contribution < -0.4 is 5.90 Å². The maximum absolute atomic E-state index is 11.8. The smallest absolute Gasteiger partial charge is 0.253 e. The van der Waals surface area contributed by atoms with Gasteiger partial charge in [-0.05, 0) is 18.2 Å². The van der Waals surface area contributed by atoms with Crippen molar-refractivity contribution in [2.75, 3.05) is 20.2 Å². The molecule has 2 N–H and O–H groups in total. The Kier molecular flexibility index (Phi) is 4.55. The van der Waals surface area contributed by atoms with E-state index in [1.165, 1.54) is 4.90 Å². The van der Waals surface area contributed by atoms with E-state index in [0.717, 1.165) is 0 Å². The van der Waals surface area contributed by atoms with E-state index in [9.17, 15) is 4.79 Å². The van der Waals surface area contributed by atoms with Crippen LogP contribution in [0.15, 0.2) is 24.3 Å². The summed E-state index contributed by atoms with van der Waals surface area (Å²) in [5.74, 6) is 4.78. The lowest BCUT2D eigenvalue weighted by atomic mass is 10.2. The zero-order valence-corrected chi connectivity index (χ0v) is 9.20. The lowest BCUT2D eigenvalue weighted by Crippen LogP contribution is -2.30. The molecule has 0 aliphatic carbocycles. The molecule has 5 heteroatoms. The Morgan fingerprint density at radius 3 is 2.93 bits per heavy atom. The van der Waals surface area contributed by atoms with Crippen molar-refractivity contribution in [2.45, 2.75) is 0 Å². The van der Waals surface area contributed by atoms with E-state index < -0.39 is 0 Å². The van der Waals surface area contributed by atoms with Crippen molar-refractivity contribution in [1.82, 2.24) is 4.90 Å². The van der Waals surface area contributed by atoms with E-state index in [1.807, 2.05) is 0 Å². The minimum absolute atomic E-state index is 0.102. The van der Waals surface area contributed by atoms with Crippen LogP contribution in [-0.4, -0.2) is 31.0 Å². The molecule has 0 saturated carbocycles. The van der Waals surface area contributed by atoms with Gasteiger partial charge in [-0.15, -0.1) is 0 Å². The number of carbonyl (C=O) groups excluding carboxylic acids is 1. The van der Waals surface area contributed by atoms with Crippen molar-refractivity contribution in [2.24, 2.45) is 5.90 Å². The summed E-state index contributed by atoms with van der Waals surface area (Å²) in [4.78, 5) is 17.7. The molecular formula is C10H13ClN2O2. The summed E-state index contributed by atoms with van der Waals surface area (Å²) in [6, 6.07) is 6.81. The van der Waals surface area contributed by atoms with Gasteiger partial charge in [0.2, 0.25) is 0 Å². The zero-order valence-electron chi connectivity index (χ0n) is 8.44. The van der Waals surface area contributed by atoms with Crippen LogP contribution in [0.5, 0.6) is 0 Å². The van der Waals surface area contributed by atoms with E-state index >= 15 is 0 Å². The molecule has 0 unspecified atom stereocenters. The molecule has 0 fully saturated rings. The molecule has 0 atom stereocenters. The van der Waals surface area contributed by atoms with E-state index in [2.05, 4.69) is 4.84 Å². The van der Waals surface area contributed by atoms with Gasteiger partial charge in [-0.1, -0.05) is 17.7 Å². The highest BCUT2D eigenvalue weighted by atomic mass is 35.5. The van der Waals surface area contributed by atoms with Crippen molar-refractivity contribution in [3.8, 4) is 0 Å². The molecule has 4 nitrogen and oxygen atoms in total. The molecular weight excluding hydrogens is 216 g/mol. The number of benzene rings is 1. The number of rotatable bonds is 4. The third-order valence-corrected chi connectivity index (χ3v) is 2.20. The maximum atomic E-state index is 11.8. The molecule has 0 heterocycles. The van der Waals surface area contributed by atoms with Gasteiger partial charge in [-0.2, -0.15) is 0 Å². The predicted molar refractivity (Wildman–Crippen MR) is 58.6 cm³/mol. The van der Waals surface area contributed by atoms with E-state index in [-0.39, 0.29) is 5.91 Å². The van der Waals surface area contributed by atoms with Gasteiger partial charge in [0, 0.05) is 24.2 Å². The van der Waals surface area contributed by atoms with E-state index in [1.54, 1.807) is 31.3 Å². The Labute approximate surface area is 93.5 Å². The van der Waals surface area contributed by atoms with Gasteiger partial charge in [-0.25, -0.2) is 5.90 Å². The lowest BCUT2D eigenvalue weighted by Gasteiger charge is -2.16. The Morgan fingerprint density at radius 1 is 1.60 bits per heavy atom. The molecule has 0 aliphatic rings. The van der Waals surface area contributed by atoms with Gasteiger partial charge in [0.05, 0.1) is 6.61 Å². The molecule has 1 aromatic rings. The summed E-state index contributed by atoms with van der Waals surface area (Å²) in [5, 5.41) is 0.546. The molecule has 1 aromatic carbocycles. The van der Waals surface area contributed by atoms with Crippen LogP contribution in [0, 0.1) is 0 Å². The van der Waals surface area contributed by atoms with Gasteiger partial charge in [0.15, 0.2) is 0 Å². The second-order valence-corrected chi connectivity index (χ2v) is 3.54. The maximum Gasteiger partial charge on any atom is 0.253 e. The van der Waals surface area contributed by atoms with Gasteiger partial charge in [-0.3, -0.25) is 4.79 Å². The molecule has 0 spiro atoms. The second-order valence-electron chi connectivity index (χ2n) is 3.11. The molecule has 0 bridgehead atoms. The summed E-state index contributed by atoms with van der Waals surface area (Å²) >= 11 is 5.78. The highest BCUT2D eigenvalue weighted by Gasteiger charge is 2.10. The van der Waals surface area contributed by atoms with Gasteiger partial charge in [0.25, 0.3) is 5.91 Å². The zero-order chi connectivity index (χ0) is 11.3. The Bertz CT molecular complexity index is 344. The third-order valence-electron chi connectivity index (χ3n) is 1.96. The number of likely N-dealkylation sites (N-methyl/N-ethyl adjacent to an activating group) is 1. The fraction of sp³-hybridized carbons (Fsp3) is 0.300. The molecule has 82 valence electrons. The number of hydrogen-bond acceptors (Lipinski definition) is 3. The van der Waals surface area contributed by atoms with Crippen LogP contribution in [-0.2, 0) is 4.84 Å². The van der Waals surface area contributed by atoms with E-state index in [4.69, 9.17) is 17.5 Å². The molecule has 1 rings (SSSR count). The lowest BCUT2D eigenvalue weighted by molar-refractivity contribution is 0.0697.